The highest BCUT2D eigenvalue weighted by Crippen LogP contribution is 2.37. The lowest BCUT2D eigenvalue weighted by molar-refractivity contribution is -0.00824. The Hall–Kier alpha value is -4.14. The number of amides is 1. The van der Waals surface area contributed by atoms with Gasteiger partial charge in [0.1, 0.15) is 17.3 Å². The van der Waals surface area contributed by atoms with Crippen LogP contribution in [0.5, 0.6) is 5.75 Å². The molecule has 2 aromatic carbocycles. The van der Waals surface area contributed by atoms with Crippen molar-refractivity contribution in [3.05, 3.63) is 77.5 Å². The van der Waals surface area contributed by atoms with Crippen molar-refractivity contribution >= 4 is 11.6 Å². The number of halogens is 2. The average molecular weight is 478 g/mol. The average Bonchev–Trinajstić information content (AvgIpc) is 3.25. The van der Waals surface area contributed by atoms with E-state index in [0.717, 1.165) is 16.7 Å². The van der Waals surface area contributed by atoms with Crippen LogP contribution < -0.4 is 10.1 Å². The number of ether oxygens (including phenoxy) is 1. The Morgan fingerprint density at radius 3 is 2.66 bits per heavy atom. The molecule has 180 valence electrons. The maximum atomic E-state index is 14.1. The smallest absolute Gasteiger partial charge is 0.276 e. The Labute approximate surface area is 201 Å². The SMILES string of the molecule is CCC(F)(F)c1cccc(NC(=O)c2nc(-c3ccc(OC)c(-c4cnccn4)c3C)[nH]c2C)c1. The van der Waals surface area contributed by atoms with E-state index in [0.29, 0.717) is 23.0 Å². The molecule has 0 aliphatic rings. The van der Waals surface area contributed by atoms with E-state index in [-0.39, 0.29) is 23.4 Å². The first-order valence-electron chi connectivity index (χ1n) is 11.1. The maximum absolute atomic E-state index is 14.1. The summed E-state index contributed by atoms with van der Waals surface area (Å²) in [7, 11) is 1.58. The van der Waals surface area contributed by atoms with Crippen molar-refractivity contribution in [3.8, 4) is 28.4 Å². The van der Waals surface area contributed by atoms with Crippen molar-refractivity contribution in [1.82, 2.24) is 19.9 Å². The van der Waals surface area contributed by atoms with Crippen LogP contribution in [0.2, 0.25) is 0 Å². The molecule has 7 nitrogen and oxygen atoms in total. The highest BCUT2D eigenvalue weighted by atomic mass is 19.3. The summed E-state index contributed by atoms with van der Waals surface area (Å²) in [6.07, 6.45) is 4.52. The Kier molecular flexibility index (Phi) is 6.59. The molecule has 0 saturated heterocycles. The minimum atomic E-state index is -2.97. The van der Waals surface area contributed by atoms with Crippen LogP contribution in [0.1, 0.15) is 40.7 Å². The molecule has 0 spiro atoms. The van der Waals surface area contributed by atoms with E-state index >= 15 is 0 Å². The number of carbonyl (C=O) groups excluding carboxylic acids is 1. The van der Waals surface area contributed by atoms with Gasteiger partial charge in [0, 0.05) is 46.9 Å². The van der Waals surface area contributed by atoms with E-state index in [2.05, 4.69) is 25.3 Å². The Balaban J connectivity index is 1.67. The monoisotopic (exact) mass is 477 g/mol. The van der Waals surface area contributed by atoms with E-state index in [1.54, 1.807) is 38.7 Å². The third kappa shape index (κ3) is 4.75. The molecule has 0 aliphatic carbocycles. The first-order valence-corrected chi connectivity index (χ1v) is 11.1. The number of aryl methyl sites for hydroxylation is 1. The Morgan fingerprint density at radius 2 is 1.97 bits per heavy atom. The van der Waals surface area contributed by atoms with E-state index in [4.69, 9.17) is 4.74 Å². The quantitative estimate of drug-likeness (QED) is 0.345. The van der Waals surface area contributed by atoms with Gasteiger partial charge in [-0.3, -0.25) is 14.8 Å². The van der Waals surface area contributed by atoms with Gasteiger partial charge in [-0.25, -0.2) is 13.8 Å². The fraction of sp³-hybridized carbons (Fsp3) is 0.231. The van der Waals surface area contributed by atoms with E-state index in [1.165, 1.54) is 25.1 Å². The number of hydrogen-bond acceptors (Lipinski definition) is 5. The Bertz CT molecular complexity index is 1370. The molecule has 35 heavy (non-hydrogen) atoms. The standard InChI is InChI=1S/C26H25F2N5O2/c1-5-26(27,28)17-7-6-8-18(13-17)32-25(34)23-16(3)31-24(33-23)19-9-10-21(35-4)22(15(19)2)20-14-29-11-12-30-20/h6-14H,5H2,1-4H3,(H,31,33)(H,32,34). The number of anilines is 1. The predicted octanol–water partition coefficient (Wildman–Crippen LogP) is 5.91. The van der Waals surface area contributed by atoms with Crippen LogP contribution in [0, 0.1) is 13.8 Å². The summed E-state index contributed by atoms with van der Waals surface area (Å²) in [4.78, 5) is 29.2. The number of rotatable bonds is 7. The topological polar surface area (TPSA) is 92.8 Å². The fourth-order valence-electron chi connectivity index (χ4n) is 3.89. The molecule has 0 unspecified atom stereocenters. The number of alkyl halides is 2. The van der Waals surface area contributed by atoms with Gasteiger partial charge in [0.05, 0.1) is 19.0 Å². The highest BCUT2D eigenvalue weighted by Gasteiger charge is 2.29. The molecule has 9 heteroatoms. The van der Waals surface area contributed by atoms with Crippen molar-refractivity contribution in [2.24, 2.45) is 0 Å². The normalized spacial score (nSPS) is 11.4. The van der Waals surface area contributed by atoms with Crippen molar-refractivity contribution in [3.63, 3.8) is 0 Å². The van der Waals surface area contributed by atoms with Crippen LogP contribution in [0.25, 0.3) is 22.6 Å². The van der Waals surface area contributed by atoms with Crippen LogP contribution in [0.3, 0.4) is 0 Å². The summed E-state index contributed by atoms with van der Waals surface area (Å²) >= 11 is 0. The summed E-state index contributed by atoms with van der Waals surface area (Å²) in [5.41, 5.74) is 3.87. The fourth-order valence-corrected chi connectivity index (χ4v) is 3.89. The summed E-state index contributed by atoms with van der Waals surface area (Å²) < 4.78 is 33.7. The molecular weight excluding hydrogens is 452 g/mol. The van der Waals surface area contributed by atoms with Gasteiger partial charge in [0.2, 0.25) is 0 Å². The molecule has 2 aromatic heterocycles. The van der Waals surface area contributed by atoms with E-state index in [1.807, 2.05) is 19.1 Å². The summed E-state index contributed by atoms with van der Waals surface area (Å²) in [6.45, 7) is 5.06. The highest BCUT2D eigenvalue weighted by molar-refractivity contribution is 6.04. The minimum Gasteiger partial charge on any atom is -0.496 e. The molecule has 1 amide bonds. The number of imidazole rings is 1. The van der Waals surface area contributed by atoms with Gasteiger partial charge in [0.15, 0.2) is 0 Å². The number of methoxy groups -OCH3 is 1. The molecule has 2 N–H and O–H groups in total. The van der Waals surface area contributed by atoms with Gasteiger partial charge in [-0.05, 0) is 43.7 Å². The van der Waals surface area contributed by atoms with Gasteiger partial charge in [-0.15, -0.1) is 0 Å². The second kappa shape index (κ2) is 9.61. The van der Waals surface area contributed by atoms with Crippen LogP contribution in [-0.4, -0.2) is 33.0 Å². The first-order chi connectivity index (χ1) is 16.7. The minimum absolute atomic E-state index is 0.150. The summed E-state index contributed by atoms with van der Waals surface area (Å²) in [5, 5.41) is 2.68. The van der Waals surface area contributed by atoms with E-state index < -0.39 is 11.8 Å². The number of nitrogens with zero attached hydrogens (tertiary/aromatic N) is 3. The van der Waals surface area contributed by atoms with Gasteiger partial charge >= 0.3 is 0 Å². The number of aromatic amines is 1. The van der Waals surface area contributed by atoms with Crippen LogP contribution >= 0.6 is 0 Å². The van der Waals surface area contributed by atoms with Crippen molar-refractivity contribution in [2.75, 3.05) is 12.4 Å². The second-order valence-corrected chi connectivity index (χ2v) is 8.06. The second-order valence-electron chi connectivity index (χ2n) is 8.06. The van der Waals surface area contributed by atoms with Gasteiger partial charge in [-0.2, -0.15) is 0 Å². The maximum Gasteiger partial charge on any atom is 0.276 e. The molecule has 0 radical (unpaired) electrons. The van der Waals surface area contributed by atoms with Crippen molar-refractivity contribution in [2.45, 2.75) is 33.1 Å². The molecule has 0 atom stereocenters. The van der Waals surface area contributed by atoms with Gasteiger partial charge in [-0.1, -0.05) is 19.1 Å². The number of nitrogens with one attached hydrogen (secondary N) is 2. The first kappa shape index (κ1) is 24.0. The molecule has 0 fully saturated rings. The van der Waals surface area contributed by atoms with Crippen molar-refractivity contribution in [1.29, 1.82) is 0 Å². The van der Waals surface area contributed by atoms with Crippen LogP contribution in [-0.2, 0) is 5.92 Å². The lowest BCUT2D eigenvalue weighted by atomic mass is 9.98. The van der Waals surface area contributed by atoms with E-state index in [9.17, 15) is 13.6 Å². The molecule has 0 aliphatic heterocycles. The third-order valence-corrected chi connectivity index (χ3v) is 5.81. The Morgan fingerprint density at radius 1 is 1.17 bits per heavy atom. The molecule has 4 aromatic rings. The number of carbonyl (C=O) groups is 1. The van der Waals surface area contributed by atoms with Gasteiger partial charge in [0.25, 0.3) is 11.8 Å². The molecule has 2 heterocycles. The number of hydrogen-bond donors (Lipinski definition) is 2. The van der Waals surface area contributed by atoms with Crippen LogP contribution in [0.4, 0.5) is 14.5 Å². The zero-order chi connectivity index (χ0) is 25.2. The number of benzene rings is 2. The lowest BCUT2D eigenvalue weighted by Crippen LogP contribution is -2.16. The third-order valence-electron chi connectivity index (χ3n) is 5.81. The molecule has 0 bridgehead atoms. The molecular formula is C26H25F2N5O2. The zero-order valence-corrected chi connectivity index (χ0v) is 19.8. The zero-order valence-electron chi connectivity index (χ0n) is 19.8. The number of H-pyrrole nitrogens is 1. The predicted molar refractivity (Wildman–Crippen MR) is 130 cm³/mol. The molecule has 4 rings (SSSR count). The summed E-state index contributed by atoms with van der Waals surface area (Å²) in [6, 6.07) is 9.35. The van der Waals surface area contributed by atoms with Crippen molar-refractivity contribution < 1.29 is 18.3 Å². The largest absolute Gasteiger partial charge is 0.496 e. The summed E-state index contributed by atoms with van der Waals surface area (Å²) in [5.74, 6) is -2.34. The number of aromatic nitrogens is 4. The van der Waals surface area contributed by atoms with Crippen LogP contribution in [0.15, 0.2) is 55.0 Å². The molecule has 0 saturated carbocycles. The lowest BCUT2D eigenvalue weighted by Gasteiger charge is -2.15. The van der Waals surface area contributed by atoms with Gasteiger partial charge < -0.3 is 15.0 Å².